The molecule has 0 spiro atoms. The first-order chi connectivity index (χ1) is 22.0. The van der Waals surface area contributed by atoms with Crippen LogP contribution in [0.15, 0.2) is 104 Å². The SMILES string of the molecule is CN1CCN(Cc2ccc(NC(=O)Nc3cccc(-c4cn5ccnc5c(-n5cnc(-c6ccc(Cl)cc6)c5)n4)c3)cc2)CC1. The lowest BCUT2D eigenvalue weighted by molar-refractivity contribution is 0.148. The zero-order valence-corrected chi connectivity index (χ0v) is 25.5. The number of amides is 2. The molecule has 0 bridgehead atoms. The van der Waals surface area contributed by atoms with Gasteiger partial charge in [-0.2, -0.15) is 0 Å². The lowest BCUT2D eigenvalue weighted by Gasteiger charge is -2.32. The molecular weight excluding hydrogens is 586 g/mol. The second-order valence-electron chi connectivity index (χ2n) is 11.2. The number of nitrogens with zero attached hydrogens (tertiary/aromatic N) is 7. The van der Waals surface area contributed by atoms with Crippen molar-refractivity contribution in [3.63, 3.8) is 0 Å². The first kappa shape index (κ1) is 28.7. The molecule has 1 fully saturated rings. The number of urea groups is 1. The van der Waals surface area contributed by atoms with Gasteiger partial charge in [-0.05, 0) is 49.0 Å². The van der Waals surface area contributed by atoms with E-state index in [2.05, 4.69) is 49.6 Å². The van der Waals surface area contributed by atoms with Crippen LogP contribution < -0.4 is 10.6 Å². The number of carbonyl (C=O) groups excluding carboxylic acids is 1. The Morgan fingerprint density at radius 3 is 2.42 bits per heavy atom. The lowest BCUT2D eigenvalue weighted by Crippen LogP contribution is -2.43. The monoisotopic (exact) mass is 617 g/mol. The molecule has 11 heteroatoms. The van der Waals surface area contributed by atoms with Crippen molar-refractivity contribution in [2.45, 2.75) is 6.54 Å². The van der Waals surface area contributed by atoms with E-state index in [1.54, 1.807) is 12.5 Å². The highest BCUT2D eigenvalue weighted by atomic mass is 35.5. The molecule has 0 aliphatic carbocycles. The fourth-order valence-electron chi connectivity index (χ4n) is 5.44. The van der Waals surface area contributed by atoms with Gasteiger partial charge in [0, 0.05) is 85.0 Å². The molecule has 2 N–H and O–H groups in total. The van der Waals surface area contributed by atoms with Crippen molar-refractivity contribution < 1.29 is 4.79 Å². The van der Waals surface area contributed by atoms with Crippen LogP contribution in [0.1, 0.15) is 5.56 Å². The van der Waals surface area contributed by atoms with Crippen LogP contribution in [0.4, 0.5) is 16.2 Å². The molecule has 3 aromatic carbocycles. The molecule has 10 nitrogen and oxygen atoms in total. The molecule has 226 valence electrons. The highest BCUT2D eigenvalue weighted by Crippen LogP contribution is 2.26. The third kappa shape index (κ3) is 6.58. The van der Waals surface area contributed by atoms with E-state index in [1.165, 1.54) is 5.56 Å². The van der Waals surface area contributed by atoms with Gasteiger partial charge in [-0.1, -0.05) is 48.0 Å². The van der Waals surface area contributed by atoms with Gasteiger partial charge in [0.15, 0.2) is 11.5 Å². The summed E-state index contributed by atoms with van der Waals surface area (Å²) < 4.78 is 3.79. The topological polar surface area (TPSA) is 95.6 Å². The summed E-state index contributed by atoms with van der Waals surface area (Å²) in [6.07, 6.45) is 9.19. The summed E-state index contributed by atoms with van der Waals surface area (Å²) in [6.45, 7) is 5.23. The average Bonchev–Trinajstić information content (AvgIpc) is 3.74. The minimum Gasteiger partial charge on any atom is -0.308 e. The molecule has 3 aromatic heterocycles. The maximum Gasteiger partial charge on any atom is 0.323 e. The molecular formula is C34H32ClN9O. The van der Waals surface area contributed by atoms with Crippen molar-refractivity contribution in [1.82, 2.24) is 33.7 Å². The second-order valence-corrected chi connectivity index (χ2v) is 11.7. The summed E-state index contributed by atoms with van der Waals surface area (Å²) in [5.74, 6) is 0.636. The maximum atomic E-state index is 12.9. The van der Waals surface area contributed by atoms with Crippen LogP contribution in [0, 0.1) is 0 Å². The van der Waals surface area contributed by atoms with Gasteiger partial charge in [0.25, 0.3) is 0 Å². The van der Waals surface area contributed by atoms with Gasteiger partial charge in [0.2, 0.25) is 0 Å². The molecule has 0 atom stereocenters. The number of nitrogens with one attached hydrogen (secondary N) is 2. The molecule has 4 heterocycles. The molecule has 1 aliphatic rings. The van der Waals surface area contributed by atoms with Crippen LogP contribution in [0.5, 0.6) is 0 Å². The fraction of sp³-hybridized carbons (Fsp3) is 0.176. The molecule has 0 radical (unpaired) electrons. The van der Waals surface area contributed by atoms with Crippen molar-refractivity contribution in [2.75, 3.05) is 43.9 Å². The zero-order chi connectivity index (χ0) is 30.8. The maximum absolute atomic E-state index is 12.9. The van der Waals surface area contributed by atoms with Gasteiger partial charge < -0.3 is 19.9 Å². The van der Waals surface area contributed by atoms with E-state index in [1.807, 2.05) is 88.2 Å². The first-order valence-corrected chi connectivity index (χ1v) is 15.2. The van der Waals surface area contributed by atoms with E-state index >= 15 is 0 Å². The predicted octanol–water partition coefficient (Wildman–Crippen LogP) is 6.29. The second kappa shape index (κ2) is 12.5. The van der Waals surface area contributed by atoms with E-state index in [0.29, 0.717) is 22.2 Å². The summed E-state index contributed by atoms with van der Waals surface area (Å²) in [5.41, 5.74) is 6.63. The summed E-state index contributed by atoms with van der Waals surface area (Å²) in [4.78, 5) is 31.8. The fourth-order valence-corrected chi connectivity index (χ4v) is 5.57. The number of halogens is 1. The third-order valence-electron chi connectivity index (χ3n) is 7.95. The number of fused-ring (bicyclic) bond motifs is 1. The minimum atomic E-state index is -0.314. The predicted molar refractivity (Wildman–Crippen MR) is 178 cm³/mol. The average molecular weight is 618 g/mol. The molecule has 6 aromatic rings. The number of carbonyl (C=O) groups is 1. The van der Waals surface area contributed by atoms with Crippen molar-refractivity contribution in [2.24, 2.45) is 0 Å². The molecule has 45 heavy (non-hydrogen) atoms. The number of aromatic nitrogens is 5. The number of likely N-dealkylation sites (N-methyl/N-ethyl adjacent to an activating group) is 1. The highest BCUT2D eigenvalue weighted by molar-refractivity contribution is 6.30. The molecule has 1 saturated heterocycles. The number of piperazine rings is 1. The third-order valence-corrected chi connectivity index (χ3v) is 8.21. The normalized spacial score (nSPS) is 14.1. The molecule has 7 rings (SSSR count). The number of benzene rings is 3. The van der Waals surface area contributed by atoms with E-state index in [4.69, 9.17) is 16.6 Å². The van der Waals surface area contributed by atoms with Crippen LogP contribution >= 0.6 is 11.6 Å². The number of hydrogen-bond acceptors (Lipinski definition) is 6. The van der Waals surface area contributed by atoms with E-state index in [9.17, 15) is 4.79 Å². The number of hydrogen-bond donors (Lipinski definition) is 2. The van der Waals surface area contributed by atoms with Crippen molar-refractivity contribution in [3.8, 4) is 28.3 Å². The minimum absolute atomic E-state index is 0.314. The lowest BCUT2D eigenvalue weighted by atomic mass is 10.1. The van der Waals surface area contributed by atoms with Gasteiger partial charge in [0.1, 0.15) is 6.33 Å². The molecule has 2 amide bonds. The first-order valence-electron chi connectivity index (χ1n) is 14.8. The van der Waals surface area contributed by atoms with Crippen molar-refractivity contribution >= 4 is 34.7 Å². The van der Waals surface area contributed by atoms with Crippen LogP contribution in [0.3, 0.4) is 0 Å². The van der Waals surface area contributed by atoms with Gasteiger partial charge >= 0.3 is 6.03 Å². The van der Waals surface area contributed by atoms with E-state index < -0.39 is 0 Å². The van der Waals surface area contributed by atoms with E-state index in [0.717, 1.165) is 60.9 Å². The zero-order valence-electron chi connectivity index (χ0n) is 24.8. The standard InChI is InChI=1S/C34H32ClN9O/c1-41-15-17-42(18-16-41)20-24-5-11-28(12-6-24)38-34(45)39-29-4-2-3-26(19-29)31-22-43-14-13-36-32(43)33(40-31)44-21-30(37-23-44)25-7-9-27(35)10-8-25/h2-14,19,21-23H,15-18,20H2,1H3,(H2,38,39,45). The number of rotatable bonds is 7. The van der Waals surface area contributed by atoms with Crippen LogP contribution in [-0.4, -0.2) is 73.0 Å². The highest BCUT2D eigenvalue weighted by Gasteiger charge is 2.15. The number of anilines is 2. The Balaban J connectivity index is 1.06. The summed E-state index contributed by atoms with van der Waals surface area (Å²) in [5, 5.41) is 6.57. The Hall–Kier alpha value is -5.03. The number of imidazole rings is 2. The summed E-state index contributed by atoms with van der Waals surface area (Å²) in [7, 11) is 2.16. The van der Waals surface area contributed by atoms with Gasteiger partial charge in [-0.15, -0.1) is 0 Å². The van der Waals surface area contributed by atoms with E-state index in [-0.39, 0.29) is 6.03 Å². The largest absolute Gasteiger partial charge is 0.323 e. The van der Waals surface area contributed by atoms with Gasteiger partial charge in [0.05, 0.1) is 11.4 Å². The quantitative estimate of drug-likeness (QED) is 0.218. The molecule has 1 aliphatic heterocycles. The van der Waals surface area contributed by atoms with Crippen LogP contribution in [-0.2, 0) is 6.54 Å². The Morgan fingerprint density at radius 1 is 0.844 bits per heavy atom. The summed E-state index contributed by atoms with van der Waals surface area (Å²) >= 11 is 6.06. The van der Waals surface area contributed by atoms with Crippen LogP contribution in [0.25, 0.3) is 34.0 Å². The van der Waals surface area contributed by atoms with Gasteiger partial charge in [-0.25, -0.2) is 19.7 Å². The molecule has 0 saturated carbocycles. The molecule has 0 unspecified atom stereocenters. The summed E-state index contributed by atoms with van der Waals surface area (Å²) in [6, 6.07) is 22.9. The van der Waals surface area contributed by atoms with Gasteiger partial charge in [-0.3, -0.25) is 9.47 Å². The Kier molecular flexibility index (Phi) is 8.00. The Labute approximate surface area is 265 Å². The Bertz CT molecular complexity index is 1940. The Morgan fingerprint density at radius 2 is 1.62 bits per heavy atom. The van der Waals surface area contributed by atoms with Crippen LogP contribution in [0.2, 0.25) is 5.02 Å². The van der Waals surface area contributed by atoms with Crippen molar-refractivity contribution in [1.29, 1.82) is 0 Å². The smallest absolute Gasteiger partial charge is 0.308 e. The van der Waals surface area contributed by atoms with Crippen molar-refractivity contribution in [3.05, 3.63) is 114 Å².